The number of carbonyl (C=O) groups is 1. The van der Waals surface area contributed by atoms with Crippen LogP contribution in [-0.2, 0) is 11.3 Å². The normalized spacial score (nSPS) is 19.1. The van der Waals surface area contributed by atoms with Crippen LogP contribution in [0.4, 0.5) is 5.95 Å². The number of amides is 1. The molecule has 1 amide bonds. The number of rotatable bonds is 5. The molecule has 8 heteroatoms. The fraction of sp³-hybridized carbons (Fsp3) is 0.478. The number of hydrogen-bond donors (Lipinski definition) is 0. The van der Waals surface area contributed by atoms with Crippen molar-refractivity contribution in [2.45, 2.75) is 19.5 Å². The average molecular weight is 420 g/mol. The maximum atomic E-state index is 13.1. The van der Waals surface area contributed by atoms with Crippen LogP contribution in [0.2, 0.25) is 0 Å². The van der Waals surface area contributed by atoms with Crippen LogP contribution in [0.3, 0.4) is 0 Å². The van der Waals surface area contributed by atoms with E-state index in [0.717, 1.165) is 51.8 Å². The summed E-state index contributed by atoms with van der Waals surface area (Å²) in [5.41, 5.74) is 1.91. The van der Waals surface area contributed by atoms with Crippen molar-refractivity contribution in [2.75, 3.05) is 57.3 Å². The second-order valence-corrected chi connectivity index (χ2v) is 8.16. The molecule has 31 heavy (non-hydrogen) atoms. The highest BCUT2D eigenvalue weighted by molar-refractivity contribution is 5.81. The monoisotopic (exact) mass is 419 g/mol. The van der Waals surface area contributed by atoms with Gasteiger partial charge in [0.2, 0.25) is 11.9 Å². The van der Waals surface area contributed by atoms with Gasteiger partial charge >= 0.3 is 0 Å². The molecule has 2 fully saturated rings. The van der Waals surface area contributed by atoms with Gasteiger partial charge in [0.05, 0.1) is 17.7 Å². The van der Waals surface area contributed by atoms with E-state index in [0.29, 0.717) is 18.7 Å². The Bertz CT molecular complexity index is 896. The first-order chi connectivity index (χ1) is 15.1. The molecule has 1 unspecified atom stereocenters. The number of anilines is 1. The van der Waals surface area contributed by atoms with E-state index in [9.17, 15) is 4.79 Å². The summed E-state index contributed by atoms with van der Waals surface area (Å²) in [5, 5.41) is 8.93. The maximum absolute atomic E-state index is 13.1. The number of benzene rings is 1. The topological polar surface area (TPSA) is 79.6 Å². The van der Waals surface area contributed by atoms with Crippen LogP contribution in [0, 0.1) is 11.3 Å². The Hall–Kier alpha value is -3.02. The zero-order valence-corrected chi connectivity index (χ0v) is 18.0. The van der Waals surface area contributed by atoms with Crippen molar-refractivity contribution in [3.63, 3.8) is 0 Å². The van der Waals surface area contributed by atoms with Crippen molar-refractivity contribution in [3.8, 4) is 6.07 Å². The van der Waals surface area contributed by atoms with Gasteiger partial charge in [0.1, 0.15) is 0 Å². The van der Waals surface area contributed by atoms with E-state index in [-0.39, 0.29) is 11.9 Å². The highest BCUT2D eigenvalue weighted by atomic mass is 16.2. The predicted octanol–water partition coefficient (Wildman–Crippen LogP) is 1.20. The number of hydrogen-bond acceptors (Lipinski definition) is 7. The summed E-state index contributed by atoms with van der Waals surface area (Å²) in [6, 6.07) is 11.7. The molecule has 1 aromatic heterocycles. The standard InChI is InChI=1S/C23H29N7O/c1-19(22(31)29-13-15-30(16-14-29)23-25-7-2-8-26-23)28-11-9-27(10-12-28)18-21-5-3-20(17-24)4-6-21/h2-8,19H,9-16,18H2,1H3. The van der Waals surface area contributed by atoms with Crippen molar-refractivity contribution in [1.82, 2.24) is 24.7 Å². The van der Waals surface area contributed by atoms with E-state index < -0.39 is 0 Å². The van der Waals surface area contributed by atoms with Gasteiger partial charge in [0.15, 0.2) is 0 Å². The van der Waals surface area contributed by atoms with E-state index in [1.807, 2.05) is 42.2 Å². The molecule has 0 aliphatic carbocycles. The fourth-order valence-electron chi connectivity index (χ4n) is 4.25. The largest absolute Gasteiger partial charge is 0.338 e. The van der Waals surface area contributed by atoms with E-state index >= 15 is 0 Å². The Morgan fingerprint density at radius 1 is 1.00 bits per heavy atom. The van der Waals surface area contributed by atoms with Crippen LogP contribution < -0.4 is 4.90 Å². The minimum atomic E-state index is -0.100. The van der Waals surface area contributed by atoms with Crippen molar-refractivity contribution >= 4 is 11.9 Å². The average Bonchev–Trinajstić information content (AvgIpc) is 2.85. The third-order valence-corrected chi connectivity index (χ3v) is 6.23. The molecule has 0 radical (unpaired) electrons. The lowest BCUT2D eigenvalue weighted by Crippen LogP contribution is -2.57. The number of aromatic nitrogens is 2. The van der Waals surface area contributed by atoms with E-state index in [1.165, 1.54) is 5.56 Å². The van der Waals surface area contributed by atoms with Crippen LogP contribution in [-0.4, -0.2) is 89.0 Å². The van der Waals surface area contributed by atoms with Gasteiger partial charge in [-0.1, -0.05) is 12.1 Å². The first kappa shape index (κ1) is 21.2. The zero-order chi connectivity index (χ0) is 21.6. The number of piperazine rings is 2. The first-order valence-corrected chi connectivity index (χ1v) is 10.9. The molecule has 2 aliphatic rings. The van der Waals surface area contributed by atoms with Gasteiger partial charge in [0.25, 0.3) is 0 Å². The van der Waals surface area contributed by atoms with Crippen LogP contribution in [0.15, 0.2) is 42.7 Å². The Kier molecular flexibility index (Phi) is 6.75. The SMILES string of the molecule is CC(C(=O)N1CCN(c2ncccn2)CC1)N1CCN(Cc2ccc(C#N)cc2)CC1. The molecule has 0 spiro atoms. The lowest BCUT2D eigenvalue weighted by molar-refractivity contribution is -0.137. The van der Waals surface area contributed by atoms with Crippen molar-refractivity contribution < 1.29 is 4.79 Å². The summed E-state index contributed by atoms with van der Waals surface area (Å²) in [4.78, 5) is 30.5. The molecule has 3 heterocycles. The molecule has 162 valence electrons. The quantitative estimate of drug-likeness (QED) is 0.721. The van der Waals surface area contributed by atoms with E-state index in [2.05, 4.69) is 30.7 Å². The van der Waals surface area contributed by atoms with Crippen molar-refractivity contribution in [1.29, 1.82) is 5.26 Å². The highest BCUT2D eigenvalue weighted by Crippen LogP contribution is 2.15. The van der Waals surface area contributed by atoms with Gasteiger partial charge < -0.3 is 9.80 Å². The molecule has 0 bridgehead atoms. The lowest BCUT2D eigenvalue weighted by atomic mass is 10.1. The van der Waals surface area contributed by atoms with Crippen molar-refractivity contribution in [2.24, 2.45) is 0 Å². The highest BCUT2D eigenvalue weighted by Gasteiger charge is 2.30. The molecular weight excluding hydrogens is 390 g/mol. The molecule has 2 aliphatic heterocycles. The summed E-state index contributed by atoms with van der Waals surface area (Å²) in [6.07, 6.45) is 3.51. The summed E-state index contributed by atoms with van der Waals surface area (Å²) in [6.45, 7) is 9.52. The molecule has 4 rings (SSSR count). The van der Waals surface area contributed by atoms with Gasteiger partial charge in [-0.05, 0) is 30.7 Å². The number of nitriles is 1. The fourth-order valence-corrected chi connectivity index (χ4v) is 4.25. The summed E-state index contributed by atoms with van der Waals surface area (Å²) in [5.74, 6) is 0.954. The molecule has 1 atom stereocenters. The van der Waals surface area contributed by atoms with Crippen LogP contribution in [0.5, 0.6) is 0 Å². The third kappa shape index (κ3) is 5.19. The van der Waals surface area contributed by atoms with Gasteiger partial charge in [-0.25, -0.2) is 9.97 Å². The molecular formula is C23H29N7O. The smallest absolute Gasteiger partial charge is 0.239 e. The molecule has 1 aromatic carbocycles. The molecule has 2 aromatic rings. The molecule has 2 saturated heterocycles. The summed E-state index contributed by atoms with van der Waals surface area (Å²) < 4.78 is 0. The van der Waals surface area contributed by atoms with Crippen LogP contribution in [0.1, 0.15) is 18.1 Å². The lowest BCUT2D eigenvalue weighted by Gasteiger charge is -2.41. The van der Waals surface area contributed by atoms with Gasteiger partial charge in [-0.15, -0.1) is 0 Å². The van der Waals surface area contributed by atoms with Crippen LogP contribution >= 0.6 is 0 Å². The van der Waals surface area contributed by atoms with Gasteiger partial charge in [0, 0.05) is 71.3 Å². The predicted molar refractivity (Wildman–Crippen MR) is 118 cm³/mol. The van der Waals surface area contributed by atoms with Gasteiger partial charge in [-0.3, -0.25) is 14.6 Å². The van der Waals surface area contributed by atoms with Gasteiger partial charge in [-0.2, -0.15) is 5.26 Å². The molecule has 0 saturated carbocycles. The minimum absolute atomic E-state index is 0.100. The maximum Gasteiger partial charge on any atom is 0.239 e. The van der Waals surface area contributed by atoms with E-state index in [4.69, 9.17) is 5.26 Å². The van der Waals surface area contributed by atoms with E-state index in [1.54, 1.807) is 12.4 Å². The summed E-state index contributed by atoms with van der Waals surface area (Å²) >= 11 is 0. The Morgan fingerprint density at radius 3 is 2.26 bits per heavy atom. The second kappa shape index (κ2) is 9.86. The Labute approximate surface area is 183 Å². The second-order valence-electron chi connectivity index (χ2n) is 8.16. The van der Waals surface area contributed by atoms with Crippen molar-refractivity contribution in [3.05, 3.63) is 53.9 Å². The molecule has 8 nitrogen and oxygen atoms in total. The van der Waals surface area contributed by atoms with Crippen LogP contribution in [0.25, 0.3) is 0 Å². The Balaban J connectivity index is 1.23. The zero-order valence-electron chi connectivity index (χ0n) is 18.0. The first-order valence-electron chi connectivity index (χ1n) is 10.9. The Morgan fingerprint density at radius 2 is 1.65 bits per heavy atom. The number of carbonyl (C=O) groups excluding carboxylic acids is 1. The number of nitrogens with zero attached hydrogens (tertiary/aromatic N) is 7. The molecule has 0 N–H and O–H groups in total. The minimum Gasteiger partial charge on any atom is -0.338 e. The third-order valence-electron chi connectivity index (χ3n) is 6.23. The summed E-state index contributed by atoms with van der Waals surface area (Å²) in [7, 11) is 0.